The van der Waals surface area contributed by atoms with Gasteiger partial charge in [0.05, 0.1) is 28.6 Å². The molecule has 7 rings (SSSR count). The van der Waals surface area contributed by atoms with Gasteiger partial charge in [0.25, 0.3) is 5.91 Å². The quantitative estimate of drug-likeness (QED) is 0.222. The number of rotatable bonds is 6. The Kier molecular flexibility index (Phi) is 6.56. The van der Waals surface area contributed by atoms with Crippen LogP contribution in [0.15, 0.2) is 84.8 Å². The van der Waals surface area contributed by atoms with Gasteiger partial charge < -0.3 is 18.6 Å². The minimum Gasteiger partial charge on any atom is -0.455 e. The van der Waals surface area contributed by atoms with Crippen molar-refractivity contribution >= 4 is 54.8 Å². The molecular weight excluding hydrogens is 622 g/mol. The van der Waals surface area contributed by atoms with Crippen LogP contribution in [0, 0.1) is 11.6 Å². The molecule has 0 saturated heterocycles. The lowest BCUT2D eigenvalue weighted by atomic mass is 9.96. The molecule has 3 aromatic heterocycles. The molecule has 0 aliphatic carbocycles. The van der Waals surface area contributed by atoms with Crippen LogP contribution in [0.3, 0.4) is 0 Å². The maximum Gasteiger partial charge on any atom is 0.417 e. The van der Waals surface area contributed by atoms with Gasteiger partial charge in [-0.05, 0) is 60.2 Å². The van der Waals surface area contributed by atoms with E-state index in [0.717, 1.165) is 10.6 Å². The Morgan fingerprint density at radius 2 is 1.70 bits per heavy atom. The number of anilines is 1. The number of fused-ring (bicyclic) bond motifs is 3. The molecule has 0 aliphatic heterocycles. The number of hydrogen-bond acceptors (Lipinski definition) is 8. The fourth-order valence-corrected chi connectivity index (χ4v) is 5.87. The zero-order valence-electron chi connectivity index (χ0n) is 24.3. The number of furan rings is 1. The van der Waals surface area contributed by atoms with Gasteiger partial charge >= 0.3 is 5.76 Å². The predicted molar refractivity (Wildman–Crippen MR) is 167 cm³/mol. The number of nitrogens with one attached hydrogen (secondary N) is 2. The van der Waals surface area contributed by atoms with Crippen molar-refractivity contribution in [3.05, 3.63) is 94.5 Å². The summed E-state index contributed by atoms with van der Waals surface area (Å²) in [5, 5.41) is 2.92. The maximum atomic E-state index is 14.5. The summed E-state index contributed by atoms with van der Waals surface area (Å²) in [4.78, 5) is 32.5. The second kappa shape index (κ2) is 10.4. The van der Waals surface area contributed by atoms with E-state index in [1.54, 1.807) is 18.2 Å². The number of hydrogen-bond donors (Lipinski definition) is 2. The van der Waals surface area contributed by atoms with Crippen LogP contribution in [0.25, 0.3) is 67.1 Å². The number of carbonyl (C=O) groups is 1. The van der Waals surface area contributed by atoms with Crippen LogP contribution in [0.5, 0.6) is 0 Å². The first kappa shape index (κ1) is 29.0. The van der Waals surface area contributed by atoms with E-state index in [1.807, 2.05) is 0 Å². The first-order chi connectivity index (χ1) is 21.9. The van der Waals surface area contributed by atoms with Gasteiger partial charge in [-0.2, -0.15) is 0 Å². The Hall–Kier alpha value is -5.76. The van der Waals surface area contributed by atoms with Crippen LogP contribution < -0.4 is 15.4 Å². The molecule has 0 radical (unpaired) electrons. The summed E-state index contributed by atoms with van der Waals surface area (Å²) in [7, 11) is -1.04. The van der Waals surface area contributed by atoms with E-state index in [4.69, 9.17) is 13.3 Å². The summed E-state index contributed by atoms with van der Waals surface area (Å²) >= 11 is 0. The first-order valence-corrected chi connectivity index (χ1v) is 15.5. The molecule has 0 aliphatic rings. The number of aromatic amines is 1. The second-order valence-corrected chi connectivity index (χ2v) is 12.5. The number of halogens is 2. The van der Waals surface area contributed by atoms with Crippen molar-refractivity contribution < 1.29 is 35.2 Å². The van der Waals surface area contributed by atoms with Crippen LogP contribution in [0.1, 0.15) is 10.4 Å². The Balaban J connectivity index is 1.55. The van der Waals surface area contributed by atoms with Gasteiger partial charge in [0.1, 0.15) is 22.7 Å². The molecule has 7 aromatic rings. The van der Waals surface area contributed by atoms with Crippen molar-refractivity contribution in [3.63, 3.8) is 0 Å². The molecule has 1 amide bonds. The van der Waals surface area contributed by atoms with E-state index in [0.29, 0.717) is 22.1 Å². The Morgan fingerprint density at radius 1 is 0.935 bits per heavy atom. The van der Waals surface area contributed by atoms with Crippen LogP contribution in [-0.4, -0.2) is 44.6 Å². The average molecular weight is 645 g/mol. The third kappa shape index (κ3) is 4.70. The summed E-state index contributed by atoms with van der Waals surface area (Å²) in [6, 6.07) is 15.8. The van der Waals surface area contributed by atoms with Crippen LogP contribution in [-0.2, 0) is 10.0 Å². The van der Waals surface area contributed by atoms with Gasteiger partial charge in [-0.3, -0.25) is 14.1 Å². The average Bonchev–Trinajstić information content (AvgIpc) is 3.73. The number of benzene rings is 4. The molecule has 0 bridgehead atoms. The fraction of sp³-hybridized carbons (Fsp3) is 0.0938. The van der Waals surface area contributed by atoms with Gasteiger partial charge in [0, 0.05) is 36.7 Å². The third-order valence-electron chi connectivity index (χ3n) is 7.64. The SMILES string of the molecule is CNC(=O)c1c(-c2ccc(F)cc2)oc2cc(N(C)S(C)(=O)=O)c(-c3cc(-c4nc5c(F)cccc5o4)c4oc(=O)[nH]c4c3)cc12. The van der Waals surface area contributed by atoms with E-state index in [-0.39, 0.29) is 56.2 Å². The maximum absolute atomic E-state index is 14.5. The number of oxazole rings is 2. The van der Waals surface area contributed by atoms with Crippen LogP contribution in [0.2, 0.25) is 0 Å². The fourth-order valence-electron chi connectivity index (χ4n) is 5.36. The van der Waals surface area contributed by atoms with E-state index in [1.165, 1.54) is 62.6 Å². The van der Waals surface area contributed by atoms with Gasteiger partial charge in [0.15, 0.2) is 17.0 Å². The van der Waals surface area contributed by atoms with E-state index >= 15 is 0 Å². The van der Waals surface area contributed by atoms with Crippen molar-refractivity contribution in [3.8, 4) is 33.9 Å². The normalized spacial score (nSPS) is 11.9. The number of carbonyl (C=O) groups excluding carboxylic acids is 1. The lowest BCUT2D eigenvalue weighted by molar-refractivity contribution is 0.0964. The molecule has 0 fully saturated rings. The van der Waals surface area contributed by atoms with Crippen molar-refractivity contribution in [1.29, 1.82) is 0 Å². The number of para-hydroxylation sites is 1. The highest BCUT2D eigenvalue weighted by molar-refractivity contribution is 7.92. The lowest BCUT2D eigenvalue weighted by Gasteiger charge is -2.21. The monoisotopic (exact) mass is 644 g/mol. The summed E-state index contributed by atoms with van der Waals surface area (Å²) in [5.41, 5.74) is 2.17. The molecule has 0 atom stereocenters. The third-order valence-corrected chi connectivity index (χ3v) is 8.83. The number of nitrogens with zero attached hydrogens (tertiary/aromatic N) is 2. The van der Waals surface area contributed by atoms with Gasteiger partial charge in [0.2, 0.25) is 15.9 Å². The Morgan fingerprint density at radius 3 is 2.39 bits per heavy atom. The van der Waals surface area contributed by atoms with E-state index < -0.39 is 33.3 Å². The predicted octanol–water partition coefficient (Wildman–Crippen LogP) is 6.04. The van der Waals surface area contributed by atoms with Crippen LogP contribution >= 0.6 is 0 Å². The second-order valence-electron chi connectivity index (χ2n) is 10.5. The van der Waals surface area contributed by atoms with Crippen LogP contribution in [0.4, 0.5) is 14.5 Å². The Bertz CT molecular complexity index is 2530. The summed E-state index contributed by atoms with van der Waals surface area (Å²) in [5.74, 6) is -2.29. The van der Waals surface area contributed by atoms with E-state index in [2.05, 4.69) is 15.3 Å². The molecule has 0 spiro atoms. The zero-order chi connectivity index (χ0) is 32.5. The number of H-pyrrole nitrogens is 1. The topological polar surface area (TPSA) is 152 Å². The molecule has 0 unspecified atom stereocenters. The standard InChI is InChI=1S/C32H22F2N4O7S/c1-35-30(39)26-19-13-18(23(38(2)46(3,41)42)14-25(19)43-28(26)15-7-9-17(33)10-8-15)16-11-20(29-22(12-16)36-32(40)45-29)31-37-27-21(34)5-4-6-24(27)44-31/h4-14H,1-3H3,(H,35,39)(H,36,40). The van der Waals surface area contributed by atoms with E-state index in [9.17, 15) is 26.8 Å². The van der Waals surface area contributed by atoms with Crippen molar-refractivity contribution in [1.82, 2.24) is 15.3 Å². The first-order valence-electron chi connectivity index (χ1n) is 13.7. The highest BCUT2D eigenvalue weighted by Gasteiger charge is 2.27. The largest absolute Gasteiger partial charge is 0.455 e. The zero-order valence-corrected chi connectivity index (χ0v) is 25.1. The number of sulfonamides is 1. The number of aromatic nitrogens is 2. The molecule has 2 N–H and O–H groups in total. The molecule has 14 heteroatoms. The molecule has 4 aromatic carbocycles. The highest BCUT2D eigenvalue weighted by Crippen LogP contribution is 2.43. The molecule has 11 nitrogen and oxygen atoms in total. The van der Waals surface area contributed by atoms with Gasteiger partial charge in [-0.15, -0.1) is 0 Å². The van der Waals surface area contributed by atoms with Crippen molar-refractivity contribution in [2.24, 2.45) is 0 Å². The van der Waals surface area contributed by atoms with Crippen molar-refractivity contribution in [2.45, 2.75) is 0 Å². The molecule has 0 saturated carbocycles. The molecule has 46 heavy (non-hydrogen) atoms. The summed E-state index contributed by atoms with van der Waals surface area (Å²) in [6.07, 6.45) is 1.03. The number of amides is 1. The summed E-state index contributed by atoms with van der Waals surface area (Å²) < 4.78 is 72.4. The smallest absolute Gasteiger partial charge is 0.417 e. The van der Waals surface area contributed by atoms with Gasteiger partial charge in [-0.1, -0.05) is 6.07 Å². The lowest BCUT2D eigenvalue weighted by Crippen LogP contribution is -2.25. The molecule has 3 heterocycles. The molecule has 232 valence electrons. The van der Waals surface area contributed by atoms with Crippen molar-refractivity contribution in [2.75, 3.05) is 24.7 Å². The highest BCUT2D eigenvalue weighted by atomic mass is 32.2. The Labute approximate surface area is 258 Å². The van der Waals surface area contributed by atoms with Gasteiger partial charge in [-0.25, -0.2) is 27.0 Å². The molecular formula is C32H22F2N4O7S. The minimum absolute atomic E-state index is 0.0326. The summed E-state index contributed by atoms with van der Waals surface area (Å²) in [6.45, 7) is 0. The minimum atomic E-state index is -3.84.